The Balaban J connectivity index is 1.81. The van der Waals surface area contributed by atoms with Gasteiger partial charge < -0.3 is 15.0 Å². The van der Waals surface area contributed by atoms with Gasteiger partial charge >= 0.3 is 5.97 Å². The third kappa shape index (κ3) is 4.60. The van der Waals surface area contributed by atoms with Crippen LogP contribution < -0.4 is 5.32 Å². The summed E-state index contributed by atoms with van der Waals surface area (Å²) >= 11 is 0. The van der Waals surface area contributed by atoms with Gasteiger partial charge in [0.2, 0.25) is 0 Å². The molecule has 0 aliphatic carbocycles. The molecule has 0 radical (unpaired) electrons. The van der Waals surface area contributed by atoms with Crippen molar-refractivity contribution in [2.45, 2.75) is 53.8 Å². The standard InChI is InChI=1S/C25H30N2O2/c1-5-20-10-12-21(13-11-20)14-26-15-23-18(3)27(19(4)24(23)25(28)29)16-22-9-7-6-8-17(22)2/h6-13,26H,5,14-16H2,1-4H3,(H,28,29). The number of hydrogen-bond donors (Lipinski definition) is 2. The predicted octanol–water partition coefficient (Wildman–Crippen LogP) is 5.01. The summed E-state index contributed by atoms with van der Waals surface area (Å²) in [6.45, 7) is 10.1. The van der Waals surface area contributed by atoms with Crippen LogP contribution >= 0.6 is 0 Å². The number of aromatic carboxylic acids is 1. The van der Waals surface area contributed by atoms with Crippen LogP contribution in [-0.4, -0.2) is 15.6 Å². The number of nitrogens with one attached hydrogen (secondary N) is 1. The molecule has 0 saturated heterocycles. The highest BCUT2D eigenvalue weighted by Gasteiger charge is 2.22. The average molecular weight is 391 g/mol. The van der Waals surface area contributed by atoms with Crippen molar-refractivity contribution in [3.63, 3.8) is 0 Å². The van der Waals surface area contributed by atoms with E-state index in [1.165, 1.54) is 22.3 Å². The molecule has 152 valence electrons. The zero-order valence-corrected chi connectivity index (χ0v) is 17.7. The van der Waals surface area contributed by atoms with Gasteiger partial charge in [0.15, 0.2) is 0 Å². The lowest BCUT2D eigenvalue weighted by Crippen LogP contribution is -2.15. The van der Waals surface area contributed by atoms with Crippen molar-refractivity contribution >= 4 is 5.97 Å². The normalized spacial score (nSPS) is 11.0. The number of carbonyl (C=O) groups is 1. The van der Waals surface area contributed by atoms with E-state index in [-0.39, 0.29) is 0 Å². The minimum Gasteiger partial charge on any atom is -0.478 e. The van der Waals surface area contributed by atoms with Crippen LogP contribution in [0, 0.1) is 20.8 Å². The molecule has 0 spiro atoms. The molecule has 2 N–H and O–H groups in total. The van der Waals surface area contributed by atoms with E-state index in [0.29, 0.717) is 25.2 Å². The van der Waals surface area contributed by atoms with Crippen molar-refractivity contribution in [2.24, 2.45) is 0 Å². The first kappa shape index (κ1) is 20.9. The summed E-state index contributed by atoms with van der Waals surface area (Å²) in [6, 6.07) is 16.8. The third-order valence-electron chi connectivity index (χ3n) is 5.78. The molecule has 1 heterocycles. The Morgan fingerprint density at radius 1 is 0.931 bits per heavy atom. The number of aromatic nitrogens is 1. The van der Waals surface area contributed by atoms with Gasteiger partial charge in [-0.2, -0.15) is 0 Å². The van der Waals surface area contributed by atoms with Gasteiger partial charge in [-0.05, 0) is 49.4 Å². The molecule has 0 aliphatic heterocycles. The lowest BCUT2D eigenvalue weighted by Gasteiger charge is -2.12. The third-order valence-corrected chi connectivity index (χ3v) is 5.78. The maximum absolute atomic E-state index is 12.0. The SMILES string of the molecule is CCc1ccc(CNCc2c(C(=O)O)c(C)n(Cc3ccccc3C)c2C)cc1. The molecule has 0 amide bonds. The summed E-state index contributed by atoms with van der Waals surface area (Å²) in [4.78, 5) is 12.0. The smallest absolute Gasteiger partial charge is 0.337 e. The highest BCUT2D eigenvalue weighted by atomic mass is 16.4. The van der Waals surface area contributed by atoms with Gasteiger partial charge in [-0.1, -0.05) is 55.5 Å². The van der Waals surface area contributed by atoms with E-state index in [4.69, 9.17) is 0 Å². The number of carboxylic acid groups (broad SMARTS) is 1. The Bertz CT molecular complexity index is 1000. The topological polar surface area (TPSA) is 54.3 Å². The van der Waals surface area contributed by atoms with Crippen LogP contribution in [0.25, 0.3) is 0 Å². The highest BCUT2D eigenvalue weighted by Crippen LogP contribution is 2.24. The fourth-order valence-corrected chi connectivity index (χ4v) is 3.87. The largest absolute Gasteiger partial charge is 0.478 e. The fraction of sp³-hybridized carbons (Fsp3) is 0.320. The molecule has 0 atom stereocenters. The number of hydrogen-bond acceptors (Lipinski definition) is 2. The second kappa shape index (κ2) is 9.10. The minimum atomic E-state index is -0.863. The van der Waals surface area contributed by atoms with Crippen LogP contribution in [0.4, 0.5) is 0 Å². The van der Waals surface area contributed by atoms with Crippen LogP contribution in [0.1, 0.15) is 56.5 Å². The molecule has 1 aromatic heterocycles. The van der Waals surface area contributed by atoms with Gasteiger partial charge in [0.1, 0.15) is 0 Å². The Labute approximate surface area is 173 Å². The van der Waals surface area contributed by atoms with Crippen molar-refractivity contribution in [3.8, 4) is 0 Å². The highest BCUT2D eigenvalue weighted by molar-refractivity contribution is 5.91. The fourth-order valence-electron chi connectivity index (χ4n) is 3.87. The first-order valence-corrected chi connectivity index (χ1v) is 10.2. The molecular weight excluding hydrogens is 360 g/mol. The van der Waals surface area contributed by atoms with E-state index < -0.39 is 5.97 Å². The maximum Gasteiger partial charge on any atom is 0.337 e. The van der Waals surface area contributed by atoms with E-state index >= 15 is 0 Å². The molecule has 0 unspecified atom stereocenters. The molecule has 0 aliphatic rings. The second-order valence-electron chi connectivity index (χ2n) is 7.62. The summed E-state index contributed by atoms with van der Waals surface area (Å²) in [7, 11) is 0. The molecule has 0 bridgehead atoms. The summed E-state index contributed by atoms with van der Waals surface area (Å²) in [5.74, 6) is -0.863. The van der Waals surface area contributed by atoms with E-state index in [0.717, 1.165) is 23.4 Å². The second-order valence-corrected chi connectivity index (χ2v) is 7.62. The number of nitrogens with zero attached hydrogens (tertiary/aromatic N) is 1. The van der Waals surface area contributed by atoms with Crippen molar-refractivity contribution in [1.82, 2.24) is 9.88 Å². The number of benzene rings is 2. The van der Waals surface area contributed by atoms with Crippen LogP contribution in [0.2, 0.25) is 0 Å². The molecule has 4 nitrogen and oxygen atoms in total. The quantitative estimate of drug-likeness (QED) is 0.568. The summed E-state index contributed by atoms with van der Waals surface area (Å²) < 4.78 is 2.12. The lowest BCUT2D eigenvalue weighted by atomic mass is 10.1. The van der Waals surface area contributed by atoms with E-state index in [1.807, 2.05) is 26.0 Å². The van der Waals surface area contributed by atoms with Gasteiger partial charge in [-0.25, -0.2) is 4.79 Å². The number of rotatable bonds is 8. The molecule has 3 aromatic rings. The van der Waals surface area contributed by atoms with Crippen LogP contribution in [0.5, 0.6) is 0 Å². The number of aryl methyl sites for hydroxylation is 2. The van der Waals surface area contributed by atoms with Crippen LogP contribution in [0.15, 0.2) is 48.5 Å². The maximum atomic E-state index is 12.0. The first-order valence-electron chi connectivity index (χ1n) is 10.2. The van der Waals surface area contributed by atoms with E-state index in [1.54, 1.807) is 0 Å². The Morgan fingerprint density at radius 3 is 2.21 bits per heavy atom. The van der Waals surface area contributed by atoms with Gasteiger partial charge in [0.05, 0.1) is 5.56 Å². The summed E-state index contributed by atoms with van der Waals surface area (Å²) in [5, 5.41) is 13.3. The Kier molecular flexibility index (Phi) is 6.55. The lowest BCUT2D eigenvalue weighted by molar-refractivity contribution is 0.0694. The van der Waals surface area contributed by atoms with Crippen LogP contribution in [0.3, 0.4) is 0 Å². The molecular formula is C25H30N2O2. The Hall–Kier alpha value is -2.85. The van der Waals surface area contributed by atoms with Crippen molar-refractivity contribution in [3.05, 3.63) is 93.3 Å². The number of carboxylic acids is 1. The molecule has 4 heteroatoms. The van der Waals surface area contributed by atoms with Gasteiger partial charge in [0.25, 0.3) is 0 Å². The average Bonchev–Trinajstić information content (AvgIpc) is 2.94. The summed E-state index contributed by atoms with van der Waals surface area (Å²) in [6.07, 6.45) is 1.03. The van der Waals surface area contributed by atoms with Gasteiger partial charge in [0, 0.05) is 36.6 Å². The minimum absolute atomic E-state index is 0.421. The first-order chi connectivity index (χ1) is 13.9. The summed E-state index contributed by atoms with van der Waals surface area (Å²) in [5.41, 5.74) is 8.06. The van der Waals surface area contributed by atoms with E-state index in [9.17, 15) is 9.90 Å². The molecule has 29 heavy (non-hydrogen) atoms. The van der Waals surface area contributed by atoms with Gasteiger partial charge in [-0.15, -0.1) is 0 Å². The van der Waals surface area contributed by atoms with E-state index in [2.05, 4.69) is 60.1 Å². The molecule has 0 fully saturated rings. The molecule has 2 aromatic carbocycles. The van der Waals surface area contributed by atoms with Crippen molar-refractivity contribution in [1.29, 1.82) is 0 Å². The molecule has 0 saturated carbocycles. The predicted molar refractivity (Wildman–Crippen MR) is 118 cm³/mol. The van der Waals surface area contributed by atoms with Crippen molar-refractivity contribution < 1.29 is 9.90 Å². The zero-order valence-electron chi connectivity index (χ0n) is 17.7. The van der Waals surface area contributed by atoms with Crippen molar-refractivity contribution in [2.75, 3.05) is 0 Å². The zero-order chi connectivity index (χ0) is 21.0. The monoisotopic (exact) mass is 390 g/mol. The Morgan fingerprint density at radius 2 is 1.59 bits per heavy atom. The van der Waals surface area contributed by atoms with Crippen LogP contribution in [-0.2, 0) is 26.1 Å². The van der Waals surface area contributed by atoms with Gasteiger partial charge in [-0.3, -0.25) is 0 Å². The molecule has 3 rings (SSSR count).